The van der Waals surface area contributed by atoms with Gasteiger partial charge < -0.3 is 9.64 Å². The molecule has 0 radical (unpaired) electrons. The predicted octanol–water partition coefficient (Wildman–Crippen LogP) is 2.71. The molecule has 4 rings (SSSR count). The quantitative estimate of drug-likeness (QED) is 0.779. The zero-order chi connectivity index (χ0) is 19.3. The highest BCUT2D eigenvalue weighted by molar-refractivity contribution is 7.98. The Bertz CT molecular complexity index is 833. The Hall–Kier alpha value is -1.83. The molecule has 0 saturated carbocycles. The number of likely N-dealkylation sites (tertiary alicyclic amines) is 1. The van der Waals surface area contributed by atoms with Gasteiger partial charge in [0.1, 0.15) is 0 Å². The van der Waals surface area contributed by atoms with Gasteiger partial charge in [-0.15, -0.1) is 11.8 Å². The number of nitrogens with one attached hydrogen (secondary N) is 1. The van der Waals surface area contributed by atoms with E-state index < -0.39 is 0 Å². The number of aromatic nitrogens is 2. The zero-order valence-electron chi connectivity index (χ0n) is 16.4. The molecule has 0 spiro atoms. The summed E-state index contributed by atoms with van der Waals surface area (Å²) in [6, 6.07) is 10.5. The summed E-state index contributed by atoms with van der Waals surface area (Å²) in [6.45, 7) is 5.90. The lowest BCUT2D eigenvalue weighted by molar-refractivity contribution is 0.122. The minimum Gasteiger partial charge on any atom is -0.378 e. The third kappa shape index (κ3) is 4.77. The Balaban J connectivity index is 1.46. The fourth-order valence-corrected chi connectivity index (χ4v) is 4.44. The summed E-state index contributed by atoms with van der Waals surface area (Å²) in [5.41, 5.74) is 2.20. The van der Waals surface area contributed by atoms with Crippen molar-refractivity contribution in [2.24, 2.45) is 0 Å². The number of nitrogens with zero attached hydrogens (tertiary/aromatic N) is 3. The standard InChI is InChI=1S/C21H28N4O2S/c1-28-18-6-4-16(5-7-18)14-24-8-2-3-17(15-24)19-13-20(26)23-21(22-19)25-9-11-27-12-10-25/h4-7,13,17H,2-3,8-12,14-15H2,1H3,(H,22,23,26). The molecule has 0 bridgehead atoms. The number of morpholine rings is 1. The molecule has 7 heteroatoms. The maximum absolute atomic E-state index is 12.3. The highest BCUT2D eigenvalue weighted by Crippen LogP contribution is 2.27. The van der Waals surface area contributed by atoms with Crippen molar-refractivity contribution in [1.82, 2.24) is 14.9 Å². The molecule has 1 aromatic carbocycles. The van der Waals surface area contributed by atoms with Gasteiger partial charge >= 0.3 is 0 Å². The molecule has 2 saturated heterocycles. The lowest BCUT2D eigenvalue weighted by atomic mass is 9.94. The summed E-state index contributed by atoms with van der Waals surface area (Å²) < 4.78 is 5.41. The first kappa shape index (κ1) is 19.5. The second-order valence-corrected chi connectivity index (χ2v) is 8.40. The molecular weight excluding hydrogens is 372 g/mol. The largest absolute Gasteiger partial charge is 0.378 e. The second-order valence-electron chi connectivity index (χ2n) is 7.52. The van der Waals surface area contributed by atoms with E-state index in [9.17, 15) is 4.79 Å². The van der Waals surface area contributed by atoms with Gasteiger partial charge in [-0.25, -0.2) is 4.98 Å². The number of ether oxygens (including phenoxy) is 1. The molecule has 2 aliphatic rings. The van der Waals surface area contributed by atoms with Crippen molar-refractivity contribution in [3.8, 4) is 0 Å². The molecule has 0 aliphatic carbocycles. The number of hydrogen-bond acceptors (Lipinski definition) is 6. The maximum atomic E-state index is 12.3. The van der Waals surface area contributed by atoms with Gasteiger partial charge in [-0.3, -0.25) is 14.7 Å². The van der Waals surface area contributed by atoms with Crippen molar-refractivity contribution < 1.29 is 4.74 Å². The van der Waals surface area contributed by atoms with Crippen LogP contribution in [0, 0.1) is 0 Å². The van der Waals surface area contributed by atoms with E-state index in [0.29, 0.717) is 25.1 Å². The highest BCUT2D eigenvalue weighted by atomic mass is 32.2. The number of benzene rings is 1. The van der Waals surface area contributed by atoms with Crippen LogP contribution >= 0.6 is 11.8 Å². The van der Waals surface area contributed by atoms with Gasteiger partial charge in [0.25, 0.3) is 5.56 Å². The minimum absolute atomic E-state index is 0.0590. The third-order valence-corrected chi connectivity index (χ3v) is 6.29. The van der Waals surface area contributed by atoms with E-state index in [4.69, 9.17) is 9.72 Å². The molecule has 3 heterocycles. The molecular formula is C21H28N4O2S. The monoisotopic (exact) mass is 400 g/mol. The first-order valence-corrected chi connectivity index (χ1v) is 11.2. The van der Waals surface area contributed by atoms with Gasteiger partial charge in [0.05, 0.1) is 18.9 Å². The lowest BCUT2D eigenvalue weighted by Crippen LogP contribution is -2.39. The van der Waals surface area contributed by atoms with Gasteiger partial charge in [0.2, 0.25) is 5.95 Å². The topological polar surface area (TPSA) is 61.5 Å². The Morgan fingerprint density at radius 3 is 2.75 bits per heavy atom. The van der Waals surface area contributed by atoms with Crippen LogP contribution in [0.5, 0.6) is 0 Å². The van der Waals surface area contributed by atoms with Crippen LogP contribution in [0.3, 0.4) is 0 Å². The Morgan fingerprint density at radius 1 is 1.21 bits per heavy atom. The molecule has 0 amide bonds. The van der Waals surface area contributed by atoms with E-state index in [1.54, 1.807) is 17.8 Å². The van der Waals surface area contributed by atoms with Crippen LogP contribution < -0.4 is 10.5 Å². The van der Waals surface area contributed by atoms with Crippen molar-refractivity contribution >= 4 is 17.7 Å². The van der Waals surface area contributed by atoms with E-state index >= 15 is 0 Å². The summed E-state index contributed by atoms with van der Waals surface area (Å²) >= 11 is 1.77. The summed E-state index contributed by atoms with van der Waals surface area (Å²) in [7, 11) is 0. The minimum atomic E-state index is -0.0590. The first-order valence-electron chi connectivity index (χ1n) is 10.0. The molecule has 2 aliphatic heterocycles. The van der Waals surface area contributed by atoms with Crippen LogP contribution in [0.15, 0.2) is 40.0 Å². The first-order chi connectivity index (χ1) is 13.7. The van der Waals surface area contributed by atoms with Crippen molar-refractivity contribution in [3.63, 3.8) is 0 Å². The van der Waals surface area contributed by atoms with E-state index in [0.717, 1.165) is 51.3 Å². The zero-order valence-corrected chi connectivity index (χ0v) is 17.2. The van der Waals surface area contributed by atoms with E-state index in [2.05, 4.69) is 45.3 Å². The summed E-state index contributed by atoms with van der Waals surface area (Å²) in [6.07, 6.45) is 4.32. The van der Waals surface area contributed by atoms with Crippen LogP contribution in [0.25, 0.3) is 0 Å². The molecule has 150 valence electrons. The highest BCUT2D eigenvalue weighted by Gasteiger charge is 2.24. The van der Waals surface area contributed by atoms with Crippen molar-refractivity contribution in [1.29, 1.82) is 0 Å². The number of anilines is 1. The lowest BCUT2D eigenvalue weighted by Gasteiger charge is -2.33. The van der Waals surface area contributed by atoms with Gasteiger partial charge in [0.15, 0.2) is 0 Å². The van der Waals surface area contributed by atoms with Crippen LogP contribution in [0.1, 0.15) is 30.0 Å². The predicted molar refractivity (Wildman–Crippen MR) is 113 cm³/mol. The van der Waals surface area contributed by atoms with E-state index in [1.807, 2.05) is 0 Å². The smallest absolute Gasteiger partial charge is 0.252 e. The van der Waals surface area contributed by atoms with Crippen LogP contribution in [0.2, 0.25) is 0 Å². The molecule has 28 heavy (non-hydrogen) atoms. The Labute approximate surface area is 170 Å². The van der Waals surface area contributed by atoms with Gasteiger partial charge in [-0.1, -0.05) is 12.1 Å². The Morgan fingerprint density at radius 2 is 2.00 bits per heavy atom. The molecule has 1 unspecified atom stereocenters. The number of aromatic amines is 1. The number of thioether (sulfide) groups is 1. The molecule has 2 aromatic rings. The van der Waals surface area contributed by atoms with Crippen molar-refractivity contribution in [2.45, 2.75) is 30.2 Å². The van der Waals surface area contributed by atoms with Gasteiger partial charge in [-0.2, -0.15) is 0 Å². The number of rotatable bonds is 5. The Kier molecular flexibility index (Phi) is 6.34. The number of hydrogen-bond donors (Lipinski definition) is 1. The summed E-state index contributed by atoms with van der Waals surface area (Å²) in [5.74, 6) is 0.997. The summed E-state index contributed by atoms with van der Waals surface area (Å²) in [4.78, 5) is 25.9. The fraction of sp³-hybridized carbons (Fsp3) is 0.524. The normalized spacial score (nSPS) is 21.0. The molecule has 1 N–H and O–H groups in total. The summed E-state index contributed by atoms with van der Waals surface area (Å²) in [5, 5.41) is 0. The van der Waals surface area contributed by atoms with Crippen LogP contribution in [-0.4, -0.2) is 60.5 Å². The average Bonchev–Trinajstić information content (AvgIpc) is 2.75. The van der Waals surface area contributed by atoms with Gasteiger partial charge in [0, 0.05) is 43.1 Å². The average molecular weight is 401 g/mol. The molecule has 6 nitrogen and oxygen atoms in total. The van der Waals surface area contributed by atoms with Crippen molar-refractivity contribution in [2.75, 3.05) is 50.5 Å². The maximum Gasteiger partial charge on any atom is 0.252 e. The van der Waals surface area contributed by atoms with E-state index in [-0.39, 0.29) is 5.56 Å². The van der Waals surface area contributed by atoms with Gasteiger partial charge in [-0.05, 0) is 43.3 Å². The molecule has 2 fully saturated rings. The van der Waals surface area contributed by atoms with E-state index in [1.165, 1.54) is 10.5 Å². The van der Waals surface area contributed by atoms with Crippen LogP contribution in [0.4, 0.5) is 5.95 Å². The second kappa shape index (κ2) is 9.11. The third-order valence-electron chi connectivity index (χ3n) is 5.55. The molecule has 1 atom stereocenters. The SMILES string of the molecule is CSc1ccc(CN2CCCC(c3cc(=O)[nH]c(N4CCOCC4)n3)C2)cc1. The number of H-pyrrole nitrogens is 1. The van der Waals surface area contributed by atoms with Crippen LogP contribution in [-0.2, 0) is 11.3 Å². The fourth-order valence-electron chi connectivity index (χ4n) is 4.03. The number of piperidine rings is 1. The molecule has 1 aromatic heterocycles. The van der Waals surface area contributed by atoms with Crippen molar-refractivity contribution in [3.05, 3.63) is 51.9 Å².